The monoisotopic (exact) mass is 364 g/mol. The van der Waals surface area contributed by atoms with Crippen LogP contribution in [0.25, 0.3) is 5.52 Å². The smallest absolute Gasteiger partial charge is 0.238 e. The first-order valence-corrected chi connectivity index (χ1v) is 9.47. The van der Waals surface area contributed by atoms with Gasteiger partial charge in [0.05, 0.1) is 5.75 Å². The van der Waals surface area contributed by atoms with Crippen LogP contribution < -0.4 is 4.72 Å². The predicted octanol–water partition coefficient (Wildman–Crippen LogP) is 3.45. The van der Waals surface area contributed by atoms with Gasteiger partial charge in [-0.05, 0) is 29.7 Å². The molecule has 3 aromatic rings. The molecule has 3 rings (SSSR count). The lowest BCUT2D eigenvalue weighted by Gasteiger charge is -2.10. The van der Waals surface area contributed by atoms with Crippen LogP contribution in [0.3, 0.4) is 0 Å². The van der Waals surface area contributed by atoms with Crippen molar-refractivity contribution in [1.82, 2.24) is 14.6 Å². The number of benzene rings is 1. The molecular formula is C16H17ClN4O2S. The van der Waals surface area contributed by atoms with Crippen molar-refractivity contribution in [1.29, 1.82) is 0 Å². The summed E-state index contributed by atoms with van der Waals surface area (Å²) in [6, 6.07) is 10.6. The third-order valence-corrected chi connectivity index (χ3v) is 5.19. The quantitative estimate of drug-likeness (QED) is 0.752. The minimum Gasteiger partial charge on any atom is -0.265 e. The van der Waals surface area contributed by atoms with Crippen molar-refractivity contribution in [3.05, 3.63) is 59.0 Å². The van der Waals surface area contributed by atoms with E-state index in [2.05, 4.69) is 14.8 Å². The molecule has 0 aliphatic heterocycles. The number of sulfonamides is 1. The van der Waals surface area contributed by atoms with Crippen molar-refractivity contribution in [3.63, 3.8) is 0 Å². The van der Waals surface area contributed by atoms with Crippen molar-refractivity contribution < 1.29 is 8.42 Å². The van der Waals surface area contributed by atoms with E-state index in [-0.39, 0.29) is 17.5 Å². The average molecular weight is 365 g/mol. The molecule has 0 spiro atoms. The number of rotatable bonds is 5. The second-order valence-electron chi connectivity index (χ2n) is 5.77. The summed E-state index contributed by atoms with van der Waals surface area (Å²) < 4.78 is 29.2. The standard InChI is InChI=1S/C16H17ClN4O2S/c1-11(2)14-7-8-15-16(18-10-19-21(14)15)20-24(22,23)9-12-5-3-4-6-13(12)17/h3-8,10-11H,9H2,1-2H3,(H,18,19,20). The number of nitrogens with one attached hydrogen (secondary N) is 1. The van der Waals surface area contributed by atoms with E-state index in [9.17, 15) is 8.42 Å². The Labute approximate surface area is 145 Å². The van der Waals surface area contributed by atoms with Gasteiger partial charge < -0.3 is 0 Å². The highest BCUT2D eigenvalue weighted by Gasteiger charge is 2.18. The van der Waals surface area contributed by atoms with Crippen LogP contribution in [0.5, 0.6) is 0 Å². The largest absolute Gasteiger partial charge is 0.265 e. The summed E-state index contributed by atoms with van der Waals surface area (Å²) in [6.07, 6.45) is 1.34. The van der Waals surface area contributed by atoms with Crippen LogP contribution in [0.15, 0.2) is 42.7 Å². The Morgan fingerprint density at radius 2 is 1.96 bits per heavy atom. The van der Waals surface area contributed by atoms with Crippen LogP contribution in [-0.4, -0.2) is 23.0 Å². The number of fused-ring (bicyclic) bond motifs is 1. The molecule has 2 aromatic heterocycles. The van der Waals surface area contributed by atoms with Crippen LogP contribution in [0, 0.1) is 0 Å². The van der Waals surface area contributed by atoms with Crippen molar-refractivity contribution >= 4 is 33.0 Å². The highest BCUT2D eigenvalue weighted by atomic mass is 35.5. The molecule has 0 aliphatic carbocycles. The van der Waals surface area contributed by atoms with Crippen LogP contribution in [0.4, 0.5) is 5.82 Å². The molecule has 1 aromatic carbocycles. The topological polar surface area (TPSA) is 76.4 Å². The molecule has 0 amide bonds. The Balaban J connectivity index is 1.93. The normalized spacial score (nSPS) is 12.0. The Morgan fingerprint density at radius 3 is 2.67 bits per heavy atom. The average Bonchev–Trinajstić information content (AvgIpc) is 2.94. The lowest BCUT2D eigenvalue weighted by atomic mass is 10.1. The molecule has 0 saturated carbocycles. The summed E-state index contributed by atoms with van der Waals surface area (Å²) in [5, 5.41) is 4.62. The van der Waals surface area contributed by atoms with Crippen molar-refractivity contribution in [3.8, 4) is 0 Å². The summed E-state index contributed by atoms with van der Waals surface area (Å²) in [5.41, 5.74) is 2.14. The van der Waals surface area contributed by atoms with E-state index in [1.165, 1.54) is 6.33 Å². The van der Waals surface area contributed by atoms with Gasteiger partial charge in [0.1, 0.15) is 11.8 Å². The molecule has 0 bridgehead atoms. The van der Waals surface area contributed by atoms with Gasteiger partial charge >= 0.3 is 0 Å². The fourth-order valence-corrected chi connectivity index (χ4v) is 3.94. The summed E-state index contributed by atoms with van der Waals surface area (Å²) in [7, 11) is -3.65. The van der Waals surface area contributed by atoms with E-state index in [4.69, 9.17) is 11.6 Å². The van der Waals surface area contributed by atoms with Gasteiger partial charge in [0.15, 0.2) is 5.82 Å². The zero-order valence-electron chi connectivity index (χ0n) is 13.3. The van der Waals surface area contributed by atoms with E-state index in [0.717, 1.165) is 5.69 Å². The molecular weight excluding hydrogens is 348 g/mol. The van der Waals surface area contributed by atoms with Crippen molar-refractivity contribution in [2.24, 2.45) is 0 Å². The number of hydrogen-bond donors (Lipinski definition) is 1. The Kier molecular flexibility index (Phi) is 4.47. The number of aromatic nitrogens is 3. The molecule has 2 heterocycles. The second-order valence-corrected chi connectivity index (χ2v) is 7.90. The van der Waals surface area contributed by atoms with Gasteiger partial charge in [0.2, 0.25) is 10.0 Å². The summed E-state index contributed by atoms with van der Waals surface area (Å²) in [6.45, 7) is 4.09. The number of halogens is 1. The number of hydrogen-bond acceptors (Lipinski definition) is 4. The highest BCUT2D eigenvalue weighted by molar-refractivity contribution is 7.91. The first-order chi connectivity index (χ1) is 11.4. The molecule has 0 radical (unpaired) electrons. The van der Waals surface area contributed by atoms with Crippen LogP contribution in [-0.2, 0) is 15.8 Å². The summed E-state index contributed by atoms with van der Waals surface area (Å²) >= 11 is 6.04. The molecule has 0 saturated heterocycles. The third kappa shape index (κ3) is 3.37. The summed E-state index contributed by atoms with van der Waals surface area (Å²) in [4.78, 5) is 4.07. The molecule has 8 heteroatoms. The zero-order chi connectivity index (χ0) is 17.3. The fourth-order valence-electron chi connectivity index (χ4n) is 2.47. The van der Waals surface area contributed by atoms with Gasteiger partial charge in [0, 0.05) is 10.7 Å². The lowest BCUT2D eigenvalue weighted by Crippen LogP contribution is -2.17. The maximum Gasteiger partial charge on any atom is 0.238 e. The number of nitrogens with zero attached hydrogens (tertiary/aromatic N) is 3. The summed E-state index contributed by atoms with van der Waals surface area (Å²) in [5.74, 6) is 0.291. The second kappa shape index (κ2) is 6.41. The maximum atomic E-state index is 12.5. The van der Waals surface area contributed by atoms with Crippen LogP contribution >= 0.6 is 11.6 Å². The third-order valence-electron chi connectivity index (χ3n) is 3.63. The molecule has 0 atom stereocenters. The van der Waals surface area contributed by atoms with E-state index < -0.39 is 10.0 Å². The van der Waals surface area contributed by atoms with E-state index in [0.29, 0.717) is 16.1 Å². The SMILES string of the molecule is CC(C)c1ccc2c(NS(=O)(=O)Cc3ccccc3Cl)ncnn12. The molecule has 24 heavy (non-hydrogen) atoms. The first kappa shape index (κ1) is 16.7. The Morgan fingerprint density at radius 1 is 1.21 bits per heavy atom. The van der Waals surface area contributed by atoms with Gasteiger partial charge in [0.25, 0.3) is 0 Å². The van der Waals surface area contributed by atoms with Gasteiger partial charge in [-0.3, -0.25) is 4.72 Å². The predicted molar refractivity (Wildman–Crippen MR) is 94.8 cm³/mol. The maximum absolute atomic E-state index is 12.5. The van der Waals surface area contributed by atoms with Gasteiger partial charge in [-0.15, -0.1) is 0 Å². The van der Waals surface area contributed by atoms with E-state index in [1.807, 2.05) is 26.0 Å². The highest BCUT2D eigenvalue weighted by Crippen LogP contribution is 2.23. The first-order valence-electron chi connectivity index (χ1n) is 7.44. The van der Waals surface area contributed by atoms with Crippen molar-refractivity contribution in [2.75, 3.05) is 4.72 Å². The molecule has 6 nitrogen and oxygen atoms in total. The van der Waals surface area contributed by atoms with E-state index in [1.54, 1.807) is 28.8 Å². The van der Waals surface area contributed by atoms with Crippen molar-refractivity contribution in [2.45, 2.75) is 25.5 Å². The minimum absolute atomic E-state index is 0.222. The Hall–Kier alpha value is -2.12. The molecule has 0 fully saturated rings. The molecule has 1 N–H and O–H groups in total. The van der Waals surface area contributed by atoms with Gasteiger partial charge in [-0.1, -0.05) is 43.6 Å². The minimum atomic E-state index is -3.65. The molecule has 126 valence electrons. The van der Waals surface area contributed by atoms with Crippen LogP contribution in [0.2, 0.25) is 5.02 Å². The lowest BCUT2D eigenvalue weighted by molar-refractivity contribution is 0.600. The molecule has 0 aliphatic rings. The molecule has 0 unspecified atom stereocenters. The van der Waals surface area contributed by atoms with Gasteiger partial charge in [-0.25, -0.2) is 17.9 Å². The van der Waals surface area contributed by atoms with E-state index >= 15 is 0 Å². The Bertz CT molecular complexity index is 983. The van der Waals surface area contributed by atoms with Gasteiger partial charge in [-0.2, -0.15) is 5.10 Å². The number of anilines is 1. The van der Waals surface area contributed by atoms with Crippen LogP contribution in [0.1, 0.15) is 31.0 Å². The fraction of sp³-hybridized carbons (Fsp3) is 0.250. The zero-order valence-corrected chi connectivity index (χ0v) is 14.8.